The summed E-state index contributed by atoms with van der Waals surface area (Å²) in [5, 5.41) is 0. The highest BCUT2D eigenvalue weighted by Crippen LogP contribution is 2.30. The largest absolute Gasteiger partial charge is 0.492 e. The summed E-state index contributed by atoms with van der Waals surface area (Å²) >= 11 is 0. The Morgan fingerprint density at radius 3 is 2.94 bits per heavy atom. The van der Waals surface area contributed by atoms with Gasteiger partial charge in [0.15, 0.2) is 5.76 Å². The fraction of sp³-hybridized carbons (Fsp3) is 0.154. The van der Waals surface area contributed by atoms with Crippen LogP contribution in [0.25, 0.3) is 0 Å². The molecule has 0 amide bonds. The average molecular weight is 214 g/mol. The van der Waals surface area contributed by atoms with Gasteiger partial charge in [0.25, 0.3) is 0 Å². The molecule has 3 heteroatoms. The molecule has 0 unspecified atom stereocenters. The number of hydrogen-bond acceptors (Lipinski definition) is 3. The van der Waals surface area contributed by atoms with E-state index in [0.717, 1.165) is 12.0 Å². The van der Waals surface area contributed by atoms with Crippen LogP contribution in [-0.2, 0) is 6.42 Å². The molecule has 2 aromatic rings. The second-order valence-electron chi connectivity index (χ2n) is 3.70. The van der Waals surface area contributed by atoms with Crippen LogP contribution < -0.4 is 4.74 Å². The molecule has 0 radical (unpaired) electrons. The average Bonchev–Trinajstić information content (AvgIpc) is 2.98. The lowest BCUT2D eigenvalue weighted by Crippen LogP contribution is -2.02. The van der Waals surface area contributed by atoms with E-state index in [1.165, 1.54) is 6.26 Å². The molecular formula is C13H10O3. The SMILES string of the molecule is O=C(c1ccco1)c1cccc2c1OCC2. The van der Waals surface area contributed by atoms with E-state index >= 15 is 0 Å². The van der Waals surface area contributed by atoms with Gasteiger partial charge in [0, 0.05) is 6.42 Å². The minimum atomic E-state index is -0.122. The number of ketones is 1. The first-order valence-electron chi connectivity index (χ1n) is 5.19. The van der Waals surface area contributed by atoms with Gasteiger partial charge in [-0.15, -0.1) is 0 Å². The van der Waals surface area contributed by atoms with Gasteiger partial charge in [0.2, 0.25) is 5.78 Å². The molecule has 0 atom stereocenters. The number of para-hydroxylation sites is 1. The molecular weight excluding hydrogens is 204 g/mol. The first-order chi connectivity index (χ1) is 7.86. The van der Waals surface area contributed by atoms with E-state index in [0.29, 0.717) is 23.7 Å². The molecule has 0 aliphatic carbocycles. The predicted molar refractivity (Wildman–Crippen MR) is 57.8 cm³/mol. The van der Waals surface area contributed by atoms with Crippen LogP contribution in [0.4, 0.5) is 0 Å². The van der Waals surface area contributed by atoms with Crippen molar-refractivity contribution in [1.82, 2.24) is 0 Å². The van der Waals surface area contributed by atoms with Crippen molar-refractivity contribution in [2.75, 3.05) is 6.61 Å². The summed E-state index contributed by atoms with van der Waals surface area (Å²) in [4.78, 5) is 12.1. The van der Waals surface area contributed by atoms with Crippen LogP contribution in [0.3, 0.4) is 0 Å². The highest BCUT2D eigenvalue weighted by Gasteiger charge is 2.22. The lowest BCUT2D eigenvalue weighted by atomic mass is 10.0. The van der Waals surface area contributed by atoms with Gasteiger partial charge in [-0.3, -0.25) is 4.79 Å². The summed E-state index contributed by atoms with van der Waals surface area (Å²) in [6.07, 6.45) is 2.37. The van der Waals surface area contributed by atoms with Gasteiger partial charge in [0.1, 0.15) is 5.75 Å². The molecule has 80 valence electrons. The summed E-state index contributed by atoms with van der Waals surface area (Å²) in [7, 11) is 0. The number of ether oxygens (including phenoxy) is 1. The van der Waals surface area contributed by atoms with Crippen molar-refractivity contribution < 1.29 is 13.9 Å². The Labute approximate surface area is 92.6 Å². The Kier molecular flexibility index (Phi) is 2.03. The molecule has 0 saturated heterocycles. The number of furan rings is 1. The summed E-state index contributed by atoms with van der Waals surface area (Å²) in [6, 6.07) is 9.01. The first-order valence-corrected chi connectivity index (χ1v) is 5.19. The van der Waals surface area contributed by atoms with Gasteiger partial charge in [-0.2, -0.15) is 0 Å². The molecule has 0 saturated carbocycles. The molecule has 3 nitrogen and oxygen atoms in total. The summed E-state index contributed by atoms with van der Waals surface area (Å²) in [6.45, 7) is 0.651. The second kappa shape index (κ2) is 3.52. The Hall–Kier alpha value is -2.03. The summed E-state index contributed by atoms with van der Waals surface area (Å²) in [5.41, 5.74) is 1.68. The summed E-state index contributed by atoms with van der Waals surface area (Å²) in [5.74, 6) is 0.941. The molecule has 1 aromatic carbocycles. The maximum atomic E-state index is 12.1. The number of hydrogen-bond donors (Lipinski definition) is 0. The highest BCUT2D eigenvalue weighted by atomic mass is 16.5. The number of carbonyl (C=O) groups is 1. The maximum absolute atomic E-state index is 12.1. The van der Waals surface area contributed by atoms with Gasteiger partial charge >= 0.3 is 0 Å². The third kappa shape index (κ3) is 1.33. The Morgan fingerprint density at radius 1 is 1.19 bits per heavy atom. The molecule has 2 heterocycles. The number of fused-ring (bicyclic) bond motifs is 1. The van der Waals surface area contributed by atoms with Gasteiger partial charge in [-0.1, -0.05) is 12.1 Å². The monoisotopic (exact) mass is 214 g/mol. The number of rotatable bonds is 2. The standard InChI is InChI=1S/C13H10O3/c14-12(11-5-2-7-15-11)10-4-1-3-9-6-8-16-13(9)10/h1-5,7H,6,8H2. The summed E-state index contributed by atoms with van der Waals surface area (Å²) < 4.78 is 10.6. The van der Waals surface area contributed by atoms with Crippen LogP contribution >= 0.6 is 0 Å². The van der Waals surface area contributed by atoms with Crippen LogP contribution in [0, 0.1) is 0 Å². The minimum Gasteiger partial charge on any atom is -0.492 e. The smallest absolute Gasteiger partial charge is 0.231 e. The molecule has 1 aromatic heterocycles. The predicted octanol–water partition coefficient (Wildman–Crippen LogP) is 2.45. The van der Waals surface area contributed by atoms with Crippen LogP contribution in [0.15, 0.2) is 41.0 Å². The maximum Gasteiger partial charge on any atom is 0.231 e. The number of benzene rings is 1. The topological polar surface area (TPSA) is 39.4 Å². The Balaban J connectivity index is 2.08. The van der Waals surface area contributed by atoms with Crippen molar-refractivity contribution in [2.45, 2.75) is 6.42 Å². The van der Waals surface area contributed by atoms with Gasteiger partial charge in [0.05, 0.1) is 18.4 Å². The van der Waals surface area contributed by atoms with Crippen molar-refractivity contribution in [3.63, 3.8) is 0 Å². The van der Waals surface area contributed by atoms with Crippen LogP contribution in [0.2, 0.25) is 0 Å². The second-order valence-corrected chi connectivity index (χ2v) is 3.70. The zero-order valence-electron chi connectivity index (χ0n) is 8.60. The molecule has 16 heavy (non-hydrogen) atoms. The molecule has 0 bridgehead atoms. The molecule has 1 aliphatic heterocycles. The van der Waals surface area contributed by atoms with Gasteiger partial charge in [-0.25, -0.2) is 0 Å². The normalized spacial score (nSPS) is 13.2. The van der Waals surface area contributed by atoms with Crippen LogP contribution in [0.1, 0.15) is 21.7 Å². The first kappa shape index (κ1) is 9.21. The van der Waals surface area contributed by atoms with Crippen molar-refractivity contribution >= 4 is 5.78 Å². The van der Waals surface area contributed by atoms with Gasteiger partial charge < -0.3 is 9.15 Å². The third-order valence-corrected chi connectivity index (χ3v) is 2.70. The van der Waals surface area contributed by atoms with Crippen molar-refractivity contribution in [1.29, 1.82) is 0 Å². The van der Waals surface area contributed by atoms with Gasteiger partial charge in [-0.05, 0) is 23.8 Å². The van der Waals surface area contributed by atoms with Crippen LogP contribution in [-0.4, -0.2) is 12.4 Å². The zero-order valence-corrected chi connectivity index (χ0v) is 8.60. The quantitative estimate of drug-likeness (QED) is 0.721. The van der Waals surface area contributed by atoms with Crippen molar-refractivity contribution in [2.24, 2.45) is 0 Å². The number of carbonyl (C=O) groups excluding carboxylic acids is 1. The zero-order chi connectivity index (χ0) is 11.0. The fourth-order valence-electron chi connectivity index (χ4n) is 1.93. The van der Waals surface area contributed by atoms with E-state index in [2.05, 4.69) is 0 Å². The van der Waals surface area contributed by atoms with Crippen molar-refractivity contribution in [3.05, 3.63) is 53.5 Å². The molecule has 1 aliphatic rings. The lowest BCUT2D eigenvalue weighted by molar-refractivity contribution is 0.101. The Bertz CT molecular complexity index is 526. The third-order valence-electron chi connectivity index (χ3n) is 2.70. The van der Waals surface area contributed by atoms with E-state index in [1.807, 2.05) is 12.1 Å². The Morgan fingerprint density at radius 2 is 2.12 bits per heavy atom. The van der Waals surface area contributed by atoms with E-state index in [4.69, 9.17) is 9.15 Å². The molecule has 0 spiro atoms. The van der Waals surface area contributed by atoms with E-state index in [-0.39, 0.29) is 5.78 Å². The van der Waals surface area contributed by atoms with E-state index in [1.54, 1.807) is 18.2 Å². The van der Waals surface area contributed by atoms with Crippen molar-refractivity contribution in [3.8, 4) is 5.75 Å². The molecule has 3 rings (SSSR count). The highest BCUT2D eigenvalue weighted by molar-refractivity contribution is 6.09. The van der Waals surface area contributed by atoms with E-state index < -0.39 is 0 Å². The fourth-order valence-corrected chi connectivity index (χ4v) is 1.93. The molecule has 0 N–H and O–H groups in total. The molecule has 0 fully saturated rings. The van der Waals surface area contributed by atoms with E-state index in [9.17, 15) is 4.79 Å². The lowest BCUT2D eigenvalue weighted by Gasteiger charge is -2.04. The van der Waals surface area contributed by atoms with Crippen LogP contribution in [0.5, 0.6) is 5.75 Å². The minimum absolute atomic E-state index is 0.122.